The Morgan fingerprint density at radius 1 is 1.00 bits per heavy atom. The summed E-state index contributed by atoms with van der Waals surface area (Å²) in [5.74, 6) is 0.784. The van der Waals surface area contributed by atoms with Gasteiger partial charge >= 0.3 is 5.97 Å². The Balaban J connectivity index is 2.03. The zero-order chi connectivity index (χ0) is 15.5. The van der Waals surface area contributed by atoms with Gasteiger partial charge in [0.1, 0.15) is 5.75 Å². The number of esters is 1. The smallest absolute Gasteiger partial charge is 0.305 e. The largest absolute Gasteiger partial charge is 0.494 e. The summed E-state index contributed by atoms with van der Waals surface area (Å²) in [5.41, 5.74) is 0. The van der Waals surface area contributed by atoms with Gasteiger partial charge in [0.15, 0.2) is 0 Å². The van der Waals surface area contributed by atoms with Crippen LogP contribution in [0.2, 0.25) is 0 Å². The second-order valence-electron chi connectivity index (χ2n) is 4.84. The van der Waals surface area contributed by atoms with Crippen LogP contribution in [0.1, 0.15) is 45.4 Å². The normalized spacial score (nSPS) is 10.4. The number of benzene rings is 1. The Morgan fingerprint density at radius 3 is 2.33 bits per heavy atom. The Morgan fingerprint density at radius 2 is 1.67 bits per heavy atom. The molecule has 0 radical (unpaired) electrons. The third-order valence-corrected chi connectivity index (χ3v) is 3.76. The molecule has 3 nitrogen and oxygen atoms in total. The van der Waals surface area contributed by atoms with Crippen molar-refractivity contribution >= 4 is 37.8 Å². The van der Waals surface area contributed by atoms with Crippen LogP contribution in [-0.4, -0.2) is 19.2 Å². The molecular weight excluding hydrogens is 400 g/mol. The summed E-state index contributed by atoms with van der Waals surface area (Å²) in [6.07, 6.45) is 5.40. The van der Waals surface area contributed by atoms with E-state index in [1.807, 2.05) is 25.1 Å². The second-order valence-corrected chi connectivity index (χ2v) is 6.67. The number of carbonyl (C=O) groups excluding carboxylic acids is 1. The number of halogens is 2. The highest BCUT2D eigenvalue weighted by molar-refractivity contribution is 9.11. The maximum Gasteiger partial charge on any atom is 0.305 e. The number of hydrogen-bond donors (Lipinski definition) is 0. The van der Waals surface area contributed by atoms with Crippen molar-refractivity contribution in [3.05, 3.63) is 27.1 Å². The standard InChI is InChI=1S/C16H22Br2O3/c1-2-8-21-16(19)7-5-3-4-6-9-20-15-11-13(17)10-14(18)12-15/h10-12H,2-9H2,1H3. The highest BCUT2D eigenvalue weighted by Gasteiger charge is 2.02. The van der Waals surface area contributed by atoms with Gasteiger partial charge < -0.3 is 9.47 Å². The van der Waals surface area contributed by atoms with Crippen LogP contribution in [0.3, 0.4) is 0 Å². The van der Waals surface area contributed by atoms with E-state index in [1.165, 1.54) is 0 Å². The van der Waals surface area contributed by atoms with Crippen molar-refractivity contribution in [1.82, 2.24) is 0 Å². The second kappa shape index (κ2) is 11.1. The molecule has 0 aliphatic carbocycles. The highest BCUT2D eigenvalue weighted by Crippen LogP contribution is 2.25. The SMILES string of the molecule is CCCOC(=O)CCCCCCOc1cc(Br)cc(Br)c1. The molecule has 0 atom stereocenters. The summed E-state index contributed by atoms with van der Waals surface area (Å²) in [5, 5.41) is 0. The first-order valence-electron chi connectivity index (χ1n) is 7.36. The molecule has 118 valence electrons. The van der Waals surface area contributed by atoms with Crippen LogP contribution in [0.25, 0.3) is 0 Å². The van der Waals surface area contributed by atoms with E-state index in [9.17, 15) is 4.79 Å². The first-order valence-corrected chi connectivity index (χ1v) is 8.95. The summed E-state index contributed by atoms with van der Waals surface area (Å²) in [4.78, 5) is 11.3. The molecule has 1 aromatic carbocycles. The molecule has 0 saturated heterocycles. The van der Waals surface area contributed by atoms with Gasteiger partial charge in [0.2, 0.25) is 0 Å². The maximum absolute atomic E-state index is 11.3. The zero-order valence-corrected chi connectivity index (χ0v) is 15.5. The third kappa shape index (κ3) is 9.14. The highest BCUT2D eigenvalue weighted by atomic mass is 79.9. The Bertz CT molecular complexity index is 415. The average Bonchev–Trinajstić information content (AvgIpc) is 2.43. The van der Waals surface area contributed by atoms with Gasteiger partial charge in [-0.15, -0.1) is 0 Å². The predicted molar refractivity (Wildman–Crippen MR) is 91.7 cm³/mol. The van der Waals surface area contributed by atoms with Crippen molar-refractivity contribution in [2.75, 3.05) is 13.2 Å². The molecule has 0 spiro atoms. The van der Waals surface area contributed by atoms with Crippen LogP contribution >= 0.6 is 31.9 Å². The summed E-state index contributed by atoms with van der Waals surface area (Å²) < 4.78 is 12.7. The van der Waals surface area contributed by atoms with Gasteiger partial charge in [0, 0.05) is 15.4 Å². The van der Waals surface area contributed by atoms with Crippen molar-refractivity contribution in [2.45, 2.75) is 45.4 Å². The van der Waals surface area contributed by atoms with E-state index in [2.05, 4.69) is 31.9 Å². The molecule has 21 heavy (non-hydrogen) atoms. The van der Waals surface area contributed by atoms with Gasteiger partial charge in [-0.25, -0.2) is 0 Å². The summed E-state index contributed by atoms with van der Waals surface area (Å²) in [7, 11) is 0. The van der Waals surface area contributed by atoms with Crippen LogP contribution in [0.4, 0.5) is 0 Å². The van der Waals surface area contributed by atoms with E-state index in [1.54, 1.807) is 0 Å². The number of unbranched alkanes of at least 4 members (excludes halogenated alkanes) is 3. The van der Waals surface area contributed by atoms with Gasteiger partial charge in [0.25, 0.3) is 0 Å². The lowest BCUT2D eigenvalue weighted by atomic mass is 10.1. The fourth-order valence-electron chi connectivity index (χ4n) is 1.81. The Labute approximate surface area is 143 Å². The van der Waals surface area contributed by atoms with Crippen molar-refractivity contribution in [3.8, 4) is 5.75 Å². The van der Waals surface area contributed by atoms with E-state index >= 15 is 0 Å². The molecule has 0 unspecified atom stereocenters. The first-order chi connectivity index (χ1) is 10.1. The number of ether oxygens (including phenoxy) is 2. The average molecular weight is 422 g/mol. The van der Waals surface area contributed by atoms with Crippen LogP contribution in [-0.2, 0) is 9.53 Å². The van der Waals surface area contributed by atoms with Crippen molar-refractivity contribution in [1.29, 1.82) is 0 Å². The molecule has 0 N–H and O–H groups in total. The summed E-state index contributed by atoms with van der Waals surface area (Å²) in [6.45, 7) is 3.23. The zero-order valence-electron chi connectivity index (χ0n) is 12.4. The molecule has 0 aliphatic heterocycles. The van der Waals surface area contributed by atoms with E-state index in [0.29, 0.717) is 19.6 Å². The van der Waals surface area contributed by atoms with Crippen LogP contribution in [0, 0.1) is 0 Å². The molecule has 0 aromatic heterocycles. The van der Waals surface area contributed by atoms with Crippen LogP contribution in [0.5, 0.6) is 5.75 Å². The van der Waals surface area contributed by atoms with E-state index in [4.69, 9.17) is 9.47 Å². The lowest BCUT2D eigenvalue weighted by molar-refractivity contribution is -0.143. The van der Waals surface area contributed by atoms with Crippen LogP contribution < -0.4 is 4.74 Å². The lowest BCUT2D eigenvalue weighted by Gasteiger charge is -2.07. The van der Waals surface area contributed by atoms with Crippen molar-refractivity contribution in [2.24, 2.45) is 0 Å². The molecule has 0 saturated carbocycles. The lowest BCUT2D eigenvalue weighted by Crippen LogP contribution is -2.04. The van der Waals surface area contributed by atoms with Gasteiger partial charge in [-0.05, 0) is 37.5 Å². The first kappa shape index (κ1) is 18.5. The molecule has 1 rings (SSSR count). The monoisotopic (exact) mass is 420 g/mol. The quantitative estimate of drug-likeness (QED) is 0.370. The van der Waals surface area contributed by atoms with E-state index < -0.39 is 0 Å². The minimum atomic E-state index is -0.0768. The fraction of sp³-hybridized carbons (Fsp3) is 0.562. The summed E-state index contributed by atoms with van der Waals surface area (Å²) >= 11 is 6.87. The predicted octanol–water partition coefficient (Wildman–Crippen LogP) is 5.49. The number of hydrogen-bond acceptors (Lipinski definition) is 3. The van der Waals surface area contributed by atoms with E-state index in [0.717, 1.165) is 46.8 Å². The molecule has 0 heterocycles. The van der Waals surface area contributed by atoms with Crippen molar-refractivity contribution in [3.63, 3.8) is 0 Å². The maximum atomic E-state index is 11.3. The number of rotatable bonds is 10. The molecule has 0 bridgehead atoms. The Kier molecular flexibility index (Phi) is 9.76. The van der Waals surface area contributed by atoms with Gasteiger partial charge in [-0.1, -0.05) is 51.6 Å². The molecular formula is C16H22Br2O3. The molecule has 0 fully saturated rings. The van der Waals surface area contributed by atoms with Gasteiger partial charge in [-0.3, -0.25) is 4.79 Å². The van der Waals surface area contributed by atoms with Crippen LogP contribution in [0.15, 0.2) is 27.1 Å². The molecule has 0 amide bonds. The van der Waals surface area contributed by atoms with Crippen molar-refractivity contribution < 1.29 is 14.3 Å². The summed E-state index contributed by atoms with van der Waals surface area (Å²) in [6, 6.07) is 5.88. The minimum Gasteiger partial charge on any atom is -0.494 e. The third-order valence-electron chi connectivity index (χ3n) is 2.85. The molecule has 5 heteroatoms. The molecule has 0 aliphatic rings. The van der Waals surface area contributed by atoms with E-state index in [-0.39, 0.29) is 5.97 Å². The fourth-order valence-corrected chi connectivity index (χ4v) is 3.07. The Hall–Kier alpha value is -0.550. The topological polar surface area (TPSA) is 35.5 Å². The minimum absolute atomic E-state index is 0.0768. The van der Waals surface area contributed by atoms with Gasteiger partial charge in [0.05, 0.1) is 13.2 Å². The van der Waals surface area contributed by atoms with Gasteiger partial charge in [-0.2, -0.15) is 0 Å². The molecule has 1 aromatic rings. The number of carbonyl (C=O) groups is 1.